The zero-order valence-electron chi connectivity index (χ0n) is 11.8. The Morgan fingerprint density at radius 3 is 2.65 bits per heavy atom. The molecule has 0 unspecified atom stereocenters. The van der Waals surface area contributed by atoms with Crippen molar-refractivity contribution in [2.75, 3.05) is 0 Å². The van der Waals surface area contributed by atoms with Gasteiger partial charge in [0.1, 0.15) is 6.61 Å². The van der Waals surface area contributed by atoms with E-state index in [0.717, 1.165) is 0 Å². The summed E-state index contributed by atoms with van der Waals surface area (Å²) in [5.41, 5.74) is 1.07. The lowest BCUT2D eigenvalue weighted by molar-refractivity contribution is 0.0475. The molecule has 0 bridgehead atoms. The number of ether oxygens (including phenoxy) is 1. The highest BCUT2D eigenvalue weighted by atomic mass is 35.5. The maximum atomic E-state index is 12.3. The number of aromatic nitrogens is 1. The molecule has 116 valence electrons. The third kappa shape index (κ3) is 3.38. The summed E-state index contributed by atoms with van der Waals surface area (Å²) in [5.74, 6) is -0.585. The maximum Gasteiger partial charge on any atom is 0.339 e. The first-order valence-electron chi connectivity index (χ1n) is 6.78. The van der Waals surface area contributed by atoms with Gasteiger partial charge in [0.15, 0.2) is 0 Å². The number of hydrogen-bond donors (Lipinski definition) is 1. The summed E-state index contributed by atoms with van der Waals surface area (Å²) < 4.78 is 5.28. The first-order valence-corrected chi connectivity index (χ1v) is 7.53. The van der Waals surface area contributed by atoms with Crippen LogP contribution in [0, 0.1) is 0 Å². The Morgan fingerprint density at radius 2 is 1.87 bits per heavy atom. The quantitative estimate of drug-likeness (QED) is 0.722. The summed E-state index contributed by atoms with van der Waals surface area (Å²) in [5, 5.41) is 1.55. The number of nitrogens with one attached hydrogen (secondary N) is 1. The van der Waals surface area contributed by atoms with Crippen LogP contribution in [-0.4, -0.2) is 11.0 Å². The summed E-state index contributed by atoms with van der Waals surface area (Å²) in [6.45, 7) is -0.00401. The van der Waals surface area contributed by atoms with Crippen LogP contribution in [-0.2, 0) is 11.3 Å². The van der Waals surface area contributed by atoms with Crippen LogP contribution in [0.1, 0.15) is 15.9 Å². The number of benzene rings is 2. The molecule has 0 radical (unpaired) electrons. The molecule has 0 aliphatic rings. The van der Waals surface area contributed by atoms with E-state index in [0.29, 0.717) is 26.5 Å². The Morgan fingerprint density at radius 1 is 1.09 bits per heavy atom. The van der Waals surface area contributed by atoms with Crippen LogP contribution in [0.3, 0.4) is 0 Å². The Kier molecular flexibility index (Phi) is 4.37. The highest BCUT2D eigenvalue weighted by molar-refractivity contribution is 6.35. The number of para-hydroxylation sites is 1. The number of aromatic amines is 1. The lowest BCUT2D eigenvalue weighted by Gasteiger charge is -2.08. The largest absolute Gasteiger partial charge is 0.457 e. The van der Waals surface area contributed by atoms with Crippen LogP contribution >= 0.6 is 23.2 Å². The zero-order chi connectivity index (χ0) is 16.4. The predicted octanol–water partition coefficient (Wildman–Crippen LogP) is 4.19. The summed E-state index contributed by atoms with van der Waals surface area (Å²) in [6.07, 6.45) is 0. The van der Waals surface area contributed by atoms with Gasteiger partial charge in [0, 0.05) is 32.6 Å². The standard InChI is InChI=1S/C17H11Cl2NO3/c18-11-6-5-10(14(19)7-11)9-23-17(22)13-8-16(21)20-15-4-2-1-3-12(13)15/h1-8H,9H2,(H,20,21). The molecular formula is C17H11Cl2NO3. The van der Waals surface area contributed by atoms with Gasteiger partial charge >= 0.3 is 5.97 Å². The minimum Gasteiger partial charge on any atom is -0.457 e. The Bertz CT molecular complexity index is 950. The molecule has 3 aromatic rings. The van der Waals surface area contributed by atoms with Crippen molar-refractivity contribution in [2.45, 2.75) is 6.61 Å². The normalized spacial score (nSPS) is 10.7. The second kappa shape index (κ2) is 6.44. The monoisotopic (exact) mass is 347 g/mol. The number of pyridine rings is 1. The third-order valence-electron chi connectivity index (χ3n) is 3.34. The Balaban J connectivity index is 1.88. The number of halogens is 2. The molecule has 1 aromatic heterocycles. The van der Waals surface area contributed by atoms with Crippen molar-refractivity contribution in [1.82, 2.24) is 4.98 Å². The second-order valence-corrected chi connectivity index (χ2v) is 5.75. The van der Waals surface area contributed by atoms with Crippen LogP contribution in [0.5, 0.6) is 0 Å². The number of carbonyl (C=O) groups is 1. The van der Waals surface area contributed by atoms with Crippen molar-refractivity contribution < 1.29 is 9.53 Å². The number of rotatable bonds is 3. The molecule has 1 N–H and O–H groups in total. The molecule has 0 amide bonds. The van der Waals surface area contributed by atoms with E-state index < -0.39 is 5.97 Å². The fraction of sp³-hybridized carbons (Fsp3) is 0.0588. The van der Waals surface area contributed by atoms with Gasteiger partial charge in [-0.3, -0.25) is 4.79 Å². The fourth-order valence-electron chi connectivity index (χ4n) is 2.23. The molecule has 3 rings (SSSR count). The van der Waals surface area contributed by atoms with E-state index in [1.807, 2.05) is 0 Å². The van der Waals surface area contributed by atoms with Crippen molar-refractivity contribution in [1.29, 1.82) is 0 Å². The zero-order valence-corrected chi connectivity index (χ0v) is 13.3. The average Bonchev–Trinajstić information content (AvgIpc) is 2.53. The van der Waals surface area contributed by atoms with Crippen LogP contribution in [0.2, 0.25) is 10.0 Å². The van der Waals surface area contributed by atoms with E-state index in [2.05, 4.69) is 4.98 Å². The maximum absolute atomic E-state index is 12.3. The van der Waals surface area contributed by atoms with Crippen molar-refractivity contribution in [3.63, 3.8) is 0 Å². The molecule has 23 heavy (non-hydrogen) atoms. The highest BCUT2D eigenvalue weighted by Gasteiger charge is 2.14. The van der Waals surface area contributed by atoms with E-state index in [9.17, 15) is 9.59 Å². The van der Waals surface area contributed by atoms with Crippen molar-refractivity contribution in [3.8, 4) is 0 Å². The minimum absolute atomic E-state index is 0.00401. The smallest absolute Gasteiger partial charge is 0.339 e. The van der Waals surface area contributed by atoms with Crippen LogP contribution in [0.15, 0.2) is 53.3 Å². The van der Waals surface area contributed by atoms with E-state index in [1.165, 1.54) is 6.07 Å². The molecule has 1 heterocycles. The van der Waals surface area contributed by atoms with Crippen molar-refractivity contribution in [3.05, 3.63) is 80.1 Å². The third-order valence-corrected chi connectivity index (χ3v) is 3.93. The number of esters is 1. The molecule has 0 fully saturated rings. The first kappa shape index (κ1) is 15.6. The molecular weight excluding hydrogens is 337 g/mol. The number of fused-ring (bicyclic) bond motifs is 1. The Labute approximate surface area is 141 Å². The SMILES string of the molecule is O=C(OCc1ccc(Cl)cc1Cl)c1cc(=O)[nH]c2ccccc12. The minimum atomic E-state index is -0.585. The van der Waals surface area contributed by atoms with Crippen LogP contribution < -0.4 is 5.56 Å². The predicted molar refractivity (Wildman–Crippen MR) is 90.2 cm³/mol. The number of H-pyrrole nitrogens is 1. The van der Waals surface area contributed by atoms with Crippen molar-refractivity contribution >= 4 is 40.1 Å². The molecule has 0 spiro atoms. The van der Waals surface area contributed by atoms with Gasteiger partial charge in [0.05, 0.1) is 5.56 Å². The molecule has 2 aromatic carbocycles. The van der Waals surface area contributed by atoms with Gasteiger partial charge < -0.3 is 9.72 Å². The summed E-state index contributed by atoms with van der Waals surface area (Å²) in [4.78, 5) is 26.7. The molecule has 0 aliphatic heterocycles. The first-order chi connectivity index (χ1) is 11.0. The number of carbonyl (C=O) groups excluding carboxylic acids is 1. The summed E-state index contributed by atoms with van der Waals surface area (Å²) >= 11 is 11.9. The van der Waals surface area contributed by atoms with E-state index in [4.69, 9.17) is 27.9 Å². The summed E-state index contributed by atoms with van der Waals surface area (Å²) in [7, 11) is 0. The van der Waals surface area contributed by atoms with Crippen LogP contribution in [0.4, 0.5) is 0 Å². The van der Waals surface area contributed by atoms with Gasteiger partial charge in [-0.2, -0.15) is 0 Å². The van der Waals surface area contributed by atoms with E-state index in [-0.39, 0.29) is 17.7 Å². The Hall–Kier alpha value is -2.30. The highest BCUT2D eigenvalue weighted by Crippen LogP contribution is 2.22. The fourth-order valence-corrected chi connectivity index (χ4v) is 2.70. The van der Waals surface area contributed by atoms with Gasteiger partial charge in [0.25, 0.3) is 0 Å². The van der Waals surface area contributed by atoms with Gasteiger partial charge in [-0.25, -0.2) is 4.79 Å². The lowest BCUT2D eigenvalue weighted by atomic mass is 10.1. The molecule has 0 saturated heterocycles. The topological polar surface area (TPSA) is 59.2 Å². The average molecular weight is 348 g/mol. The molecule has 4 nitrogen and oxygen atoms in total. The van der Waals surface area contributed by atoms with Gasteiger partial charge in [0.2, 0.25) is 5.56 Å². The molecule has 0 aliphatic carbocycles. The van der Waals surface area contributed by atoms with Gasteiger partial charge in [-0.05, 0) is 18.2 Å². The summed E-state index contributed by atoms with van der Waals surface area (Å²) in [6, 6.07) is 13.2. The lowest BCUT2D eigenvalue weighted by Crippen LogP contribution is -2.13. The molecule has 0 saturated carbocycles. The van der Waals surface area contributed by atoms with E-state index >= 15 is 0 Å². The molecule has 0 atom stereocenters. The second-order valence-electron chi connectivity index (χ2n) is 4.90. The molecule has 6 heteroatoms. The van der Waals surface area contributed by atoms with Crippen LogP contribution in [0.25, 0.3) is 10.9 Å². The van der Waals surface area contributed by atoms with Gasteiger partial charge in [-0.15, -0.1) is 0 Å². The van der Waals surface area contributed by atoms with Crippen molar-refractivity contribution in [2.24, 2.45) is 0 Å². The van der Waals surface area contributed by atoms with Gasteiger partial charge in [-0.1, -0.05) is 47.5 Å². The number of hydrogen-bond acceptors (Lipinski definition) is 3. The van der Waals surface area contributed by atoms with E-state index in [1.54, 1.807) is 42.5 Å².